The van der Waals surface area contributed by atoms with E-state index >= 15 is 0 Å². The van der Waals surface area contributed by atoms with E-state index in [-0.39, 0.29) is 0 Å². The molecule has 13 aromatic rings. The van der Waals surface area contributed by atoms with E-state index in [0.29, 0.717) is 5.82 Å². The van der Waals surface area contributed by atoms with Crippen molar-refractivity contribution in [1.82, 2.24) is 9.97 Å². The average Bonchev–Trinajstić information content (AvgIpc) is 3.68. The lowest BCUT2D eigenvalue weighted by atomic mass is 9.87. The topological polar surface area (TPSA) is 38.9 Å². The first kappa shape index (κ1) is 32.2. The Kier molecular flexibility index (Phi) is 6.72. The molecule has 2 heterocycles. The summed E-state index contributed by atoms with van der Waals surface area (Å²) in [5.74, 6) is 0.694. The molecule has 0 fully saturated rings. The Hall–Kier alpha value is -7.88. The van der Waals surface area contributed by atoms with Crippen molar-refractivity contribution in [1.29, 1.82) is 0 Å². The molecule has 0 N–H and O–H groups in total. The Labute approximate surface area is 338 Å². The Morgan fingerprint density at radius 1 is 0.271 bits per heavy atom. The van der Waals surface area contributed by atoms with Crippen LogP contribution >= 0.6 is 0 Å². The molecular weight excluding hydrogens is 717 g/mol. The first-order chi connectivity index (χ1) is 29.2. The molecule has 0 amide bonds. The van der Waals surface area contributed by atoms with Crippen LogP contribution in [0.25, 0.3) is 132 Å². The second kappa shape index (κ2) is 12.3. The predicted molar refractivity (Wildman–Crippen MR) is 247 cm³/mol. The fourth-order valence-electron chi connectivity index (χ4n) is 9.66. The number of benzene rings is 10. The number of para-hydroxylation sites is 1. The van der Waals surface area contributed by atoms with Gasteiger partial charge in [-0.1, -0.05) is 152 Å². The fourth-order valence-corrected chi connectivity index (χ4v) is 9.66. The van der Waals surface area contributed by atoms with Crippen LogP contribution in [-0.2, 0) is 0 Å². The summed E-state index contributed by atoms with van der Waals surface area (Å²) in [5.41, 5.74) is 8.84. The van der Waals surface area contributed by atoms with Crippen molar-refractivity contribution in [3.63, 3.8) is 0 Å². The number of rotatable bonds is 4. The summed E-state index contributed by atoms with van der Waals surface area (Å²) in [6, 6.07) is 69.9. The van der Waals surface area contributed by atoms with Gasteiger partial charge in [0.2, 0.25) is 0 Å². The lowest BCUT2D eigenvalue weighted by molar-refractivity contribution is 0.669. The van der Waals surface area contributed by atoms with Gasteiger partial charge in [-0.2, -0.15) is 0 Å². The van der Waals surface area contributed by atoms with Crippen LogP contribution in [0.15, 0.2) is 199 Å². The third kappa shape index (κ3) is 4.89. The smallest absolute Gasteiger partial charge is 0.160 e. The highest BCUT2D eigenvalue weighted by molar-refractivity contribution is 6.37. The van der Waals surface area contributed by atoms with Gasteiger partial charge in [0.05, 0.1) is 11.4 Å². The van der Waals surface area contributed by atoms with Crippen LogP contribution in [0.2, 0.25) is 0 Å². The molecule has 13 rings (SSSR count). The monoisotopic (exact) mass is 748 g/mol. The van der Waals surface area contributed by atoms with Crippen molar-refractivity contribution in [3.8, 4) is 45.0 Å². The molecule has 2 aromatic heterocycles. The number of furan rings is 1. The highest BCUT2D eigenvalue weighted by Crippen LogP contribution is 2.45. The minimum absolute atomic E-state index is 0.694. The normalized spacial score (nSPS) is 12.1. The zero-order valence-corrected chi connectivity index (χ0v) is 31.8. The second-order valence-electron chi connectivity index (χ2n) is 15.7. The lowest BCUT2D eigenvalue weighted by Gasteiger charge is -2.17. The van der Waals surface area contributed by atoms with Crippen LogP contribution in [-0.4, -0.2) is 9.97 Å². The average molecular weight is 749 g/mol. The molecule has 0 saturated heterocycles. The van der Waals surface area contributed by atoms with Crippen molar-refractivity contribution >= 4 is 86.6 Å². The number of aromatic nitrogens is 2. The van der Waals surface area contributed by atoms with E-state index in [1.165, 1.54) is 64.6 Å². The first-order valence-corrected chi connectivity index (χ1v) is 20.1. The zero-order chi connectivity index (χ0) is 38.6. The summed E-state index contributed by atoms with van der Waals surface area (Å²) < 4.78 is 6.16. The number of hydrogen-bond donors (Lipinski definition) is 0. The maximum atomic E-state index is 6.16. The summed E-state index contributed by atoms with van der Waals surface area (Å²) in [6.45, 7) is 0. The van der Waals surface area contributed by atoms with Gasteiger partial charge >= 0.3 is 0 Å². The van der Waals surface area contributed by atoms with E-state index in [9.17, 15) is 0 Å². The van der Waals surface area contributed by atoms with E-state index in [4.69, 9.17) is 14.4 Å². The Bertz CT molecular complexity index is 3840. The van der Waals surface area contributed by atoms with Crippen molar-refractivity contribution in [3.05, 3.63) is 194 Å². The van der Waals surface area contributed by atoms with E-state index in [0.717, 1.165) is 61.1 Å². The molecule has 59 heavy (non-hydrogen) atoms. The quantitative estimate of drug-likeness (QED) is 0.168. The van der Waals surface area contributed by atoms with Crippen molar-refractivity contribution < 1.29 is 4.42 Å². The van der Waals surface area contributed by atoms with Gasteiger partial charge in [0.1, 0.15) is 11.2 Å². The fraction of sp³-hybridized carbons (Fsp3) is 0. The van der Waals surface area contributed by atoms with Crippen LogP contribution in [0, 0.1) is 0 Å². The van der Waals surface area contributed by atoms with Crippen LogP contribution in [0.3, 0.4) is 0 Å². The summed E-state index contributed by atoms with van der Waals surface area (Å²) in [4.78, 5) is 10.6. The maximum Gasteiger partial charge on any atom is 0.160 e. The molecule has 0 atom stereocenters. The molecule has 0 unspecified atom stereocenters. The van der Waals surface area contributed by atoms with Crippen LogP contribution in [0.4, 0.5) is 0 Å². The second-order valence-corrected chi connectivity index (χ2v) is 15.7. The molecule has 3 nitrogen and oxygen atoms in total. The first-order valence-electron chi connectivity index (χ1n) is 20.1. The minimum atomic E-state index is 0.694. The summed E-state index contributed by atoms with van der Waals surface area (Å²) in [6.07, 6.45) is 0. The molecule has 0 spiro atoms. The van der Waals surface area contributed by atoms with E-state index in [1.54, 1.807) is 0 Å². The molecule has 0 aliphatic rings. The van der Waals surface area contributed by atoms with Gasteiger partial charge < -0.3 is 4.42 Å². The molecular formula is C56H32N2O. The summed E-state index contributed by atoms with van der Waals surface area (Å²) >= 11 is 0. The molecule has 3 heteroatoms. The van der Waals surface area contributed by atoms with Gasteiger partial charge in [0, 0.05) is 27.5 Å². The van der Waals surface area contributed by atoms with E-state index < -0.39 is 0 Å². The molecule has 0 saturated carbocycles. The van der Waals surface area contributed by atoms with Crippen molar-refractivity contribution in [2.45, 2.75) is 0 Å². The van der Waals surface area contributed by atoms with E-state index in [2.05, 4.69) is 176 Å². The van der Waals surface area contributed by atoms with Crippen molar-refractivity contribution in [2.24, 2.45) is 0 Å². The number of nitrogens with zero attached hydrogens (tertiary/aromatic N) is 2. The minimum Gasteiger partial charge on any atom is -0.456 e. The van der Waals surface area contributed by atoms with Crippen LogP contribution < -0.4 is 0 Å². The van der Waals surface area contributed by atoms with E-state index in [1.807, 2.05) is 18.2 Å². The van der Waals surface area contributed by atoms with Crippen LogP contribution in [0.1, 0.15) is 0 Å². The SMILES string of the molecule is c1ccc(-c2nc(-c3cccc(-c4ccc5oc6ccccc6c5c4)c3)cc(-c3cc4ccc5cccc6c7cccc8ccc9cccc(c(c3)c4c56)c9c87)n2)cc1. The maximum absolute atomic E-state index is 6.16. The van der Waals surface area contributed by atoms with Gasteiger partial charge in [-0.25, -0.2) is 9.97 Å². The largest absolute Gasteiger partial charge is 0.456 e. The van der Waals surface area contributed by atoms with Crippen molar-refractivity contribution in [2.75, 3.05) is 0 Å². The van der Waals surface area contributed by atoms with Crippen LogP contribution in [0.5, 0.6) is 0 Å². The van der Waals surface area contributed by atoms with Gasteiger partial charge in [-0.05, 0) is 118 Å². The third-order valence-electron chi connectivity index (χ3n) is 12.3. The van der Waals surface area contributed by atoms with Gasteiger partial charge in [-0.3, -0.25) is 0 Å². The molecule has 0 aliphatic heterocycles. The third-order valence-corrected chi connectivity index (χ3v) is 12.3. The molecule has 0 bridgehead atoms. The van der Waals surface area contributed by atoms with Gasteiger partial charge in [-0.15, -0.1) is 0 Å². The Morgan fingerprint density at radius 3 is 1.51 bits per heavy atom. The molecule has 0 aliphatic carbocycles. The summed E-state index contributed by atoms with van der Waals surface area (Å²) in [5, 5.41) is 17.3. The number of hydrogen-bond acceptors (Lipinski definition) is 3. The summed E-state index contributed by atoms with van der Waals surface area (Å²) in [7, 11) is 0. The Morgan fingerprint density at radius 2 is 0.780 bits per heavy atom. The Balaban J connectivity index is 1.07. The van der Waals surface area contributed by atoms with Gasteiger partial charge in [0.25, 0.3) is 0 Å². The van der Waals surface area contributed by atoms with Gasteiger partial charge in [0.15, 0.2) is 5.82 Å². The number of fused-ring (bicyclic) bond motifs is 5. The zero-order valence-electron chi connectivity index (χ0n) is 31.8. The highest BCUT2D eigenvalue weighted by Gasteiger charge is 2.18. The molecule has 11 aromatic carbocycles. The molecule has 272 valence electrons. The highest BCUT2D eigenvalue weighted by atomic mass is 16.3. The lowest BCUT2D eigenvalue weighted by Crippen LogP contribution is -1.96. The standard InChI is InChI=1S/C56H32N2O/c1-2-10-36(11-3-1)56-57-48(39-16-6-15-37(28-39)38-26-27-51-46(30-38)42-17-4-5-21-50(42)59-51)32-49(58-56)41-29-40-25-24-35-13-8-19-44-43-18-7-12-33-22-23-34-14-9-20-45(54(34)52(33)43)47(31-41)55(40)53(35)44/h1-32H. The predicted octanol–water partition coefficient (Wildman–Crippen LogP) is 15.4. The molecule has 0 radical (unpaired) electrons.